The summed E-state index contributed by atoms with van der Waals surface area (Å²) in [4.78, 5) is 15.3. The van der Waals surface area contributed by atoms with E-state index >= 15 is 0 Å². The van der Waals surface area contributed by atoms with Gasteiger partial charge in [-0.05, 0) is 32.9 Å². The van der Waals surface area contributed by atoms with Crippen molar-refractivity contribution in [1.82, 2.24) is 4.98 Å². The third-order valence-electron chi connectivity index (χ3n) is 1.81. The molecule has 5 nitrogen and oxygen atoms in total. The van der Waals surface area contributed by atoms with Gasteiger partial charge in [-0.25, -0.2) is 9.78 Å². The van der Waals surface area contributed by atoms with Crippen LogP contribution in [0.25, 0.3) is 5.76 Å². The molecule has 1 aromatic heterocycles. The van der Waals surface area contributed by atoms with Crippen LogP contribution in [0.5, 0.6) is 5.75 Å². The van der Waals surface area contributed by atoms with E-state index in [9.17, 15) is 4.79 Å². The number of hydrogen-bond acceptors (Lipinski definition) is 5. The molecule has 0 bridgehead atoms. The number of hydrogen-bond donors (Lipinski definition) is 1. The van der Waals surface area contributed by atoms with Crippen LogP contribution in [0.1, 0.15) is 26.5 Å². The Morgan fingerprint density at radius 2 is 2.11 bits per heavy atom. The van der Waals surface area contributed by atoms with Gasteiger partial charge in [-0.15, -0.1) is 0 Å². The average molecular weight is 251 g/mol. The Kier molecular flexibility index (Phi) is 4.31. The van der Waals surface area contributed by atoms with Crippen LogP contribution in [0.4, 0.5) is 0 Å². The van der Waals surface area contributed by atoms with Crippen molar-refractivity contribution in [3.05, 3.63) is 30.6 Å². The molecule has 0 saturated carbocycles. The zero-order valence-electron chi connectivity index (χ0n) is 10.8. The lowest BCUT2D eigenvalue weighted by molar-refractivity contribution is -0.157. The molecule has 1 heterocycles. The summed E-state index contributed by atoms with van der Waals surface area (Å²) in [5.74, 6) is -0.141. The van der Waals surface area contributed by atoms with Gasteiger partial charge in [-0.3, -0.25) is 0 Å². The number of aliphatic hydroxyl groups is 1. The third kappa shape index (κ3) is 4.86. The van der Waals surface area contributed by atoms with Gasteiger partial charge in [0.15, 0.2) is 6.61 Å². The molecule has 0 amide bonds. The van der Waals surface area contributed by atoms with E-state index in [1.807, 2.05) is 0 Å². The minimum atomic E-state index is -0.531. The first kappa shape index (κ1) is 14.0. The van der Waals surface area contributed by atoms with Crippen LogP contribution in [0.3, 0.4) is 0 Å². The van der Waals surface area contributed by atoms with E-state index < -0.39 is 11.6 Å². The highest BCUT2D eigenvalue weighted by Crippen LogP contribution is 2.13. The highest BCUT2D eigenvalue weighted by molar-refractivity contribution is 5.71. The van der Waals surface area contributed by atoms with Crippen molar-refractivity contribution in [3.63, 3.8) is 0 Å². The molecular weight excluding hydrogens is 234 g/mol. The molecule has 0 aliphatic carbocycles. The maximum absolute atomic E-state index is 11.4. The number of aromatic nitrogens is 1. The van der Waals surface area contributed by atoms with Gasteiger partial charge in [0.2, 0.25) is 0 Å². The minimum Gasteiger partial charge on any atom is -0.506 e. The maximum atomic E-state index is 11.4. The molecule has 0 aliphatic heterocycles. The number of carbonyl (C=O) groups is 1. The lowest BCUT2D eigenvalue weighted by atomic mass is 10.2. The molecule has 0 atom stereocenters. The van der Waals surface area contributed by atoms with Crippen LogP contribution in [0, 0.1) is 0 Å². The largest absolute Gasteiger partial charge is 0.506 e. The van der Waals surface area contributed by atoms with E-state index in [2.05, 4.69) is 11.6 Å². The first-order chi connectivity index (χ1) is 8.28. The molecule has 1 N–H and O–H groups in total. The molecule has 18 heavy (non-hydrogen) atoms. The third-order valence-corrected chi connectivity index (χ3v) is 1.81. The Morgan fingerprint density at radius 1 is 1.44 bits per heavy atom. The number of rotatable bonds is 4. The van der Waals surface area contributed by atoms with Crippen molar-refractivity contribution in [3.8, 4) is 5.75 Å². The van der Waals surface area contributed by atoms with Crippen LogP contribution in [0.15, 0.2) is 24.9 Å². The Bertz CT molecular complexity index is 431. The van der Waals surface area contributed by atoms with Gasteiger partial charge in [0.05, 0.1) is 6.20 Å². The molecule has 1 aromatic rings. The molecule has 0 unspecified atom stereocenters. The predicted octanol–water partition coefficient (Wildman–Crippen LogP) is 2.33. The second-order valence-electron chi connectivity index (χ2n) is 4.70. The molecule has 1 rings (SSSR count). The monoisotopic (exact) mass is 251 g/mol. The van der Waals surface area contributed by atoms with Crippen molar-refractivity contribution < 1.29 is 19.4 Å². The molecular formula is C13H17NO4. The quantitative estimate of drug-likeness (QED) is 0.657. The fraction of sp³-hybridized carbons (Fsp3) is 0.385. The summed E-state index contributed by atoms with van der Waals surface area (Å²) in [5, 5.41) is 9.09. The second kappa shape index (κ2) is 5.53. The van der Waals surface area contributed by atoms with Crippen LogP contribution in [-0.4, -0.2) is 28.3 Å². The van der Waals surface area contributed by atoms with Gasteiger partial charge in [-0.1, -0.05) is 6.58 Å². The summed E-state index contributed by atoms with van der Waals surface area (Å²) in [7, 11) is 0. The minimum absolute atomic E-state index is 0.117. The summed E-state index contributed by atoms with van der Waals surface area (Å²) in [6, 6.07) is 3.14. The van der Waals surface area contributed by atoms with Crippen molar-refractivity contribution in [2.24, 2.45) is 0 Å². The molecule has 0 spiro atoms. The summed E-state index contributed by atoms with van der Waals surface area (Å²) in [6.45, 7) is 8.52. The molecule has 0 saturated heterocycles. The number of pyridine rings is 1. The van der Waals surface area contributed by atoms with Gasteiger partial charge < -0.3 is 14.6 Å². The number of aliphatic hydroxyl groups excluding tert-OH is 1. The van der Waals surface area contributed by atoms with Gasteiger partial charge in [-0.2, -0.15) is 0 Å². The Morgan fingerprint density at radius 3 is 2.56 bits per heavy atom. The van der Waals surface area contributed by atoms with Crippen LogP contribution in [-0.2, 0) is 9.53 Å². The number of esters is 1. The first-order valence-corrected chi connectivity index (χ1v) is 5.47. The van der Waals surface area contributed by atoms with Crippen molar-refractivity contribution >= 4 is 11.7 Å². The molecule has 0 aliphatic rings. The molecule has 98 valence electrons. The van der Waals surface area contributed by atoms with Crippen LogP contribution >= 0.6 is 0 Å². The predicted molar refractivity (Wildman–Crippen MR) is 67.2 cm³/mol. The summed E-state index contributed by atoms with van der Waals surface area (Å²) in [6.07, 6.45) is 1.40. The van der Waals surface area contributed by atoms with Crippen molar-refractivity contribution in [2.45, 2.75) is 26.4 Å². The topological polar surface area (TPSA) is 68.7 Å². The highest BCUT2D eigenvalue weighted by atomic mass is 16.6. The normalized spacial score (nSPS) is 10.8. The summed E-state index contributed by atoms with van der Waals surface area (Å²) >= 11 is 0. The molecule has 0 fully saturated rings. The van der Waals surface area contributed by atoms with Gasteiger partial charge in [0.25, 0.3) is 0 Å². The average Bonchev–Trinajstić information content (AvgIpc) is 2.24. The molecule has 0 aromatic carbocycles. The fourth-order valence-electron chi connectivity index (χ4n) is 1.15. The lowest BCUT2D eigenvalue weighted by Crippen LogP contribution is -2.27. The van der Waals surface area contributed by atoms with Crippen molar-refractivity contribution in [1.29, 1.82) is 0 Å². The van der Waals surface area contributed by atoms with E-state index in [0.29, 0.717) is 11.4 Å². The van der Waals surface area contributed by atoms with Gasteiger partial charge >= 0.3 is 5.97 Å². The van der Waals surface area contributed by atoms with E-state index in [1.165, 1.54) is 6.20 Å². The number of ether oxygens (including phenoxy) is 2. The van der Waals surface area contributed by atoms with Gasteiger partial charge in [0, 0.05) is 0 Å². The summed E-state index contributed by atoms with van der Waals surface area (Å²) < 4.78 is 10.3. The summed E-state index contributed by atoms with van der Waals surface area (Å²) in [5.41, 5.74) is -0.170. The Labute approximate surface area is 106 Å². The standard InChI is InChI=1S/C13H17NO4/c1-9(15)11-6-5-10(7-14-11)17-8-12(16)18-13(2,3)4/h5-7,15H,1,8H2,2-4H3. The number of nitrogens with zero attached hydrogens (tertiary/aromatic N) is 1. The Balaban J connectivity index is 2.49. The van der Waals surface area contributed by atoms with Crippen LogP contribution in [0.2, 0.25) is 0 Å². The zero-order valence-corrected chi connectivity index (χ0v) is 10.8. The van der Waals surface area contributed by atoms with E-state index in [-0.39, 0.29) is 12.4 Å². The number of carbonyl (C=O) groups excluding carboxylic acids is 1. The first-order valence-electron chi connectivity index (χ1n) is 5.47. The smallest absolute Gasteiger partial charge is 0.344 e. The maximum Gasteiger partial charge on any atom is 0.344 e. The highest BCUT2D eigenvalue weighted by Gasteiger charge is 2.16. The van der Waals surface area contributed by atoms with Gasteiger partial charge in [0.1, 0.15) is 22.8 Å². The lowest BCUT2D eigenvalue weighted by Gasteiger charge is -2.19. The second-order valence-corrected chi connectivity index (χ2v) is 4.70. The zero-order chi connectivity index (χ0) is 13.8. The Hall–Kier alpha value is -2.04. The van der Waals surface area contributed by atoms with E-state index in [0.717, 1.165) is 0 Å². The van der Waals surface area contributed by atoms with E-state index in [4.69, 9.17) is 14.6 Å². The van der Waals surface area contributed by atoms with Crippen LogP contribution < -0.4 is 4.74 Å². The fourth-order valence-corrected chi connectivity index (χ4v) is 1.15. The SMILES string of the molecule is C=C(O)c1ccc(OCC(=O)OC(C)(C)C)cn1. The molecule has 0 radical (unpaired) electrons. The van der Waals surface area contributed by atoms with E-state index in [1.54, 1.807) is 32.9 Å². The van der Waals surface area contributed by atoms with Crippen molar-refractivity contribution in [2.75, 3.05) is 6.61 Å². The molecule has 5 heteroatoms.